The molecule has 3 heteroatoms. The van der Waals surface area contributed by atoms with E-state index in [4.69, 9.17) is 0 Å². The first-order valence-corrected chi connectivity index (χ1v) is 7.56. The molecule has 2 N–H and O–H groups in total. The Kier molecular flexibility index (Phi) is 4.58. The highest BCUT2D eigenvalue weighted by molar-refractivity contribution is 5.20. The Hall–Kier alpha value is -0.930. The van der Waals surface area contributed by atoms with E-state index < -0.39 is 5.60 Å². The minimum Gasteiger partial charge on any atom is -0.385 e. The highest BCUT2D eigenvalue weighted by Crippen LogP contribution is 2.48. The maximum Gasteiger partial charge on any atom is 0.0898 e. The quantitative estimate of drug-likeness (QED) is 0.818. The van der Waals surface area contributed by atoms with Crippen molar-refractivity contribution < 1.29 is 5.11 Å². The maximum absolute atomic E-state index is 10.7. The van der Waals surface area contributed by atoms with Gasteiger partial charge in [-0.3, -0.25) is 4.98 Å². The van der Waals surface area contributed by atoms with Crippen molar-refractivity contribution in [3.05, 3.63) is 30.1 Å². The summed E-state index contributed by atoms with van der Waals surface area (Å²) >= 11 is 0. The molecule has 3 rings (SSSR count). The van der Waals surface area contributed by atoms with E-state index in [1.807, 2.05) is 26.0 Å². The van der Waals surface area contributed by atoms with E-state index in [0.717, 1.165) is 44.3 Å². The molecular formula is C16H26N2O. The van der Waals surface area contributed by atoms with Gasteiger partial charge in [-0.05, 0) is 61.8 Å². The van der Waals surface area contributed by atoms with E-state index in [1.54, 1.807) is 12.4 Å². The molecule has 0 atom stereocenters. The van der Waals surface area contributed by atoms with Crippen molar-refractivity contribution in [3.63, 3.8) is 0 Å². The van der Waals surface area contributed by atoms with E-state index in [1.165, 1.54) is 6.42 Å². The monoisotopic (exact) mass is 262 g/mol. The van der Waals surface area contributed by atoms with Gasteiger partial charge in [0, 0.05) is 18.9 Å². The van der Waals surface area contributed by atoms with E-state index in [9.17, 15) is 5.11 Å². The molecule has 0 bridgehead atoms. The van der Waals surface area contributed by atoms with E-state index in [-0.39, 0.29) is 0 Å². The van der Waals surface area contributed by atoms with Crippen molar-refractivity contribution >= 4 is 0 Å². The normalized spacial score (nSPS) is 33.8. The third kappa shape index (κ3) is 2.98. The van der Waals surface area contributed by atoms with Crippen molar-refractivity contribution in [1.82, 2.24) is 10.3 Å². The highest BCUT2D eigenvalue weighted by Gasteiger charge is 2.43. The third-order valence-corrected chi connectivity index (χ3v) is 4.69. The minimum absolute atomic E-state index is 0.471. The van der Waals surface area contributed by atoms with Crippen LogP contribution in [0, 0.1) is 5.41 Å². The molecule has 19 heavy (non-hydrogen) atoms. The van der Waals surface area contributed by atoms with Crippen LogP contribution in [0.3, 0.4) is 0 Å². The summed E-state index contributed by atoms with van der Waals surface area (Å²) in [5, 5.41) is 14.2. The number of nitrogens with zero attached hydrogens (tertiary/aromatic N) is 1. The summed E-state index contributed by atoms with van der Waals surface area (Å²) in [5.41, 5.74) is 0.893. The van der Waals surface area contributed by atoms with Gasteiger partial charge < -0.3 is 10.4 Å². The van der Waals surface area contributed by atoms with Crippen LogP contribution in [0.15, 0.2) is 24.5 Å². The second-order valence-electron chi connectivity index (χ2n) is 5.69. The van der Waals surface area contributed by atoms with Gasteiger partial charge in [0.2, 0.25) is 0 Å². The van der Waals surface area contributed by atoms with Crippen LogP contribution in [0.1, 0.15) is 51.5 Å². The number of aliphatic hydroxyl groups is 1. The van der Waals surface area contributed by atoms with Crippen LogP contribution < -0.4 is 5.32 Å². The molecule has 1 aliphatic carbocycles. The van der Waals surface area contributed by atoms with Gasteiger partial charge in [0.1, 0.15) is 0 Å². The van der Waals surface area contributed by atoms with Gasteiger partial charge in [-0.1, -0.05) is 13.8 Å². The lowest BCUT2D eigenvalue weighted by molar-refractivity contribution is -0.0344. The molecule has 0 amide bonds. The minimum atomic E-state index is -0.614. The zero-order valence-electron chi connectivity index (χ0n) is 12.2. The molecule has 2 aliphatic rings. The first-order valence-electron chi connectivity index (χ1n) is 7.56. The third-order valence-electron chi connectivity index (χ3n) is 4.69. The lowest BCUT2D eigenvalue weighted by atomic mass is 9.66. The first kappa shape index (κ1) is 14.5. The lowest BCUT2D eigenvalue weighted by Crippen LogP contribution is -2.38. The molecule has 1 saturated carbocycles. The summed E-state index contributed by atoms with van der Waals surface area (Å²) in [6, 6.07) is 3.90. The molecule has 3 nitrogen and oxygen atoms in total. The summed E-state index contributed by atoms with van der Waals surface area (Å²) in [7, 11) is 0. The van der Waals surface area contributed by atoms with Gasteiger partial charge in [-0.15, -0.1) is 0 Å². The second-order valence-corrected chi connectivity index (χ2v) is 5.69. The van der Waals surface area contributed by atoms with Gasteiger partial charge >= 0.3 is 0 Å². The summed E-state index contributed by atoms with van der Waals surface area (Å²) in [4.78, 5) is 4.02. The molecule has 1 spiro atoms. The van der Waals surface area contributed by atoms with E-state index in [0.29, 0.717) is 5.41 Å². The van der Waals surface area contributed by atoms with Crippen molar-refractivity contribution in [2.45, 2.75) is 51.6 Å². The molecule has 1 saturated heterocycles. The average Bonchev–Trinajstić information content (AvgIpc) is 2.95. The Morgan fingerprint density at radius 1 is 1.05 bits per heavy atom. The van der Waals surface area contributed by atoms with Crippen LogP contribution >= 0.6 is 0 Å². The Morgan fingerprint density at radius 2 is 1.68 bits per heavy atom. The van der Waals surface area contributed by atoms with Crippen molar-refractivity contribution in [1.29, 1.82) is 0 Å². The number of pyridine rings is 1. The smallest absolute Gasteiger partial charge is 0.0898 e. The molecule has 0 aromatic carbocycles. The van der Waals surface area contributed by atoms with E-state index >= 15 is 0 Å². The number of rotatable bonds is 1. The summed E-state index contributed by atoms with van der Waals surface area (Å²) in [6.07, 6.45) is 8.87. The summed E-state index contributed by atoms with van der Waals surface area (Å²) < 4.78 is 0. The van der Waals surface area contributed by atoms with Crippen LogP contribution in [-0.4, -0.2) is 23.2 Å². The SMILES string of the molecule is CC.OC1(c2ccncc2)CCC2(CCNC2)CC1. The van der Waals surface area contributed by atoms with Crippen LogP contribution in [0.5, 0.6) is 0 Å². The molecular weight excluding hydrogens is 236 g/mol. The van der Waals surface area contributed by atoms with Gasteiger partial charge in [-0.2, -0.15) is 0 Å². The Balaban J connectivity index is 0.000000637. The van der Waals surface area contributed by atoms with Crippen molar-refractivity contribution in [3.8, 4) is 0 Å². The number of hydrogen-bond donors (Lipinski definition) is 2. The Morgan fingerprint density at radius 3 is 2.21 bits per heavy atom. The van der Waals surface area contributed by atoms with Crippen LogP contribution in [-0.2, 0) is 5.60 Å². The standard InChI is InChI=1S/C14H20N2O.C2H6/c17-14(12-1-8-15-9-2-12)5-3-13(4-6-14)7-10-16-11-13;1-2/h1-2,8-9,16-17H,3-7,10-11H2;1-2H3. The zero-order valence-corrected chi connectivity index (χ0v) is 12.2. The van der Waals surface area contributed by atoms with Gasteiger partial charge in [0.05, 0.1) is 5.60 Å². The molecule has 0 radical (unpaired) electrons. The highest BCUT2D eigenvalue weighted by atomic mass is 16.3. The molecule has 2 heterocycles. The fraction of sp³-hybridized carbons (Fsp3) is 0.688. The van der Waals surface area contributed by atoms with Crippen LogP contribution in [0.2, 0.25) is 0 Å². The zero-order chi connectivity index (χ0) is 13.8. The predicted molar refractivity (Wildman–Crippen MR) is 77.9 cm³/mol. The maximum atomic E-state index is 10.7. The Bertz CT molecular complexity index is 375. The fourth-order valence-electron chi connectivity index (χ4n) is 3.37. The van der Waals surface area contributed by atoms with Gasteiger partial charge in [-0.25, -0.2) is 0 Å². The molecule has 106 valence electrons. The van der Waals surface area contributed by atoms with Crippen LogP contribution in [0.25, 0.3) is 0 Å². The van der Waals surface area contributed by atoms with Gasteiger partial charge in [0.15, 0.2) is 0 Å². The molecule has 0 unspecified atom stereocenters. The summed E-state index contributed by atoms with van der Waals surface area (Å²) in [6.45, 7) is 6.28. The van der Waals surface area contributed by atoms with Crippen LogP contribution in [0.4, 0.5) is 0 Å². The first-order chi connectivity index (χ1) is 9.23. The van der Waals surface area contributed by atoms with Crippen molar-refractivity contribution in [2.24, 2.45) is 5.41 Å². The second kappa shape index (κ2) is 6.02. The fourth-order valence-corrected chi connectivity index (χ4v) is 3.37. The number of nitrogens with one attached hydrogen (secondary N) is 1. The molecule has 1 aromatic heterocycles. The van der Waals surface area contributed by atoms with Gasteiger partial charge in [0.25, 0.3) is 0 Å². The van der Waals surface area contributed by atoms with E-state index in [2.05, 4.69) is 10.3 Å². The molecule has 2 fully saturated rings. The number of aromatic nitrogens is 1. The summed E-state index contributed by atoms with van der Waals surface area (Å²) in [5.74, 6) is 0. The average molecular weight is 262 g/mol. The largest absolute Gasteiger partial charge is 0.385 e. The number of hydrogen-bond acceptors (Lipinski definition) is 3. The lowest BCUT2D eigenvalue weighted by Gasteiger charge is -2.42. The van der Waals surface area contributed by atoms with Crippen molar-refractivity contribution in [2.75, 3.05) is 13.1 Å². The topological polar surface area (TPSA) is 45.2 Å². The molecule has 1 aromatic rings. The molecule has 1 aliphatic heterocycles. The Labute approximate surface area is 116 Å². The predicted octanol–water partition coefficient (Wildman–Crippen LogP) is 2.85.